The number of carbonyl (C=O) groups excluding carboxylic acids is 1. The van der Waals surface area contributed by atoms with Gasteiger partial charge in [0.15, 0.2) is 0 Å². The summed E-state index contributed by atoms with van der Waals surface area (Å²) in [5.74, 6) is -1.06. The number of carboxylic acid groups (broad SMARTS) is 1. The maximum atomic E-state index is 12.4. The molecule has 0 bridgehead atoms. The molecule has 2 rings (SSSR count). The average molecular weight is 347 g/mol. The van der Waals surface area contributed by atoms with Crippen LogP contribution in [0, 0.1) is 5.41 Å². The average Bonchev–Trinajstić information content (AvgIpc) is 2.76. The van der Waals surface area contributed by atoms with Crippen molar-refractivity contribution >= 4 is 39.4 Å². The molecular weight excluding hydrogens is 334 g/mol. The summed E-state index contributed by atoms with van der Waals surface area (Å²) < 4.78 is 0.658. The standard InChI is InChI=1S/C13H13BrClNO3/c1-13(12(18)19)4-5-16(7-13)11(17)9-6-8(15)2-3-10(9)14/h2-3,6H,4-5,7H2,1H3,(H,18,19)/t13-/m0/s1. The number of carbonyl (C=O) groups is 2. The summed E-state index contributed by atoms with van der Waals surface area (Å²) in [5, 5.41) is 9.65. The molecule has 1 amide bonds. The molecule has 0 radical (unpaired) electrons. The van der Waals surface area contributed by atoms with Crippen LogP contribution in [-0.4, -0.2) is 35.0 Å². The van der Waals surface area contributed by atoms with Crippen molar-refractivity contribution in [1.29, 1.82) is 0 Å². The Labute approximate surface area is 124 Å². The summed E-state index contributed by atoms with van der Waals surface area (Å²) in [6.07, 6.45) is 0.465. The minimum atomic E-state index is -0.868. The normalized spacial score (nSPS) is 22.6. The monoisotopic (exact) mass is 345 g/mol. The summed E-state index contributed by atoms with van der Waals surface area (Å²) in [6, 6.07) is 4.99. The van der Waals surface area contributed by atoms with Gasteiger partial charge in [-0.3, -0.25) is 9.59 Å². The summed E-state index contributed by atoms with van der Waals surface area (Å²) in [6.45, 7) is 2.33. The van der Waals surface area contributed by atoms with E-state index in [9.17, 15) is 14.7 Å². The number of aliphatic carboxylic acids is 1. The molecule has 1 aromatic carbocycles. The fraction of sp³-hybridized carbons (Fsp3) is 0.385. The van der Waals surface area contributed by atoms with Crippen molar-refractivity contribution in [3.8, 4) is 0 Å². The number of carboxylic acids is 1. The van der Waals surface area contributed by atoms with Gasteiger partial charge < -0.3 is 10.0 Å². The third-order valence-corrected chi connectivity index (χ3v) is 4.36. The topological polar surface area (TPSA) is 57.6 Å². The van der Waals surface area contributed by atoms with E-state index in [1.807, 2.05) is 0 Å². The first-order chi connectivity index (χ1) is 8.83. The Bertz CT molecular complexity index is 549. The molecule has 1 atom stereocenters. The SMILES string of the molecule is C[C@]1(C(=O)O)CCN(C(=O)c2cc(Cl)ccc2Br)C1. The fourth-order valence-electron chi connectivity index (χ4n) is 2.14. The number of benzene rings is 1. The van der Waals surface area contributed by atoms with E-state index < -0.39 is 11.4 Å². The Balaban J connectivity index is 2.22. The van der Waals surface area contributed by atoms with Crippen LogP contribution >= 0.6 is 27.5 Å². The lowest BCUT2D eigenvalue weighted by molar-refractivity contribution is -0.147. The molecule has 6 heteroatoms. The minimum absolute atomic E-state index is 0.195. The van der Waals surface area contributed by atoms with Crippen LogP contribution in [0.5, 0.6) is 0 Å². The number of nitrogens with zero attached hydrogens (tertiary/aromatic N) is 1. The highest BCUT2D eigenvalue weighted by atomic mass is 79.9. The third kappa shape index (κ3) is 2.77. The number of halogens is 2. The molecule has 0 aliphatic carbocycles. The quantitative estimate of drug-likeness (QED) is 0.895. The molecule has 1 aliphatic rings. The Hall–Kier alpha value is -1.07. The van der Waals surface area contributed by atoms with Gasteiger partial charge in [0.2, 0.25) is 0 Å². The zero-order valence-corrected chi connectivity index (χ0v) is 12.7. The van der Waals surface area contributed by atoms with Crippen LogP contribution in [-0.2, 0) is 4.79 Å². The van der Waals surface area contributed by atoms with Gasteiger partial charge in [-0.05, 0) is 47.5 Å². The fourth-order valence-corrected chi connectivity index (χ4v) is 2.73. The van der Waals surface area contributed by atoms with Gasteiger partial charge in [0.05, 0.1) is 11.0 Å². The van der Waals surface area contributed by atoms with Gasteiger partial charge in [0.25, 0.3) is 5.91 Å². The van der Waals surface area contributed by atoms with Crippen molar-refractivity contribution in [3.63, 3.8) is 0 Å². The molecular formula is C13H13BrClNO3. The maximum Gasteiger partial charge on any atom is 0.311 e. The van der Waals surface area contributed by atoms with Gasteiger partial charge in [-0.25, -0.2) is 0 Å². The summed E-state index contributed by atoms with van der Waals surface area (Å²) in [4.78, 5) is 25.1. The predicted octanol–water partition coefficient (Wildman–Crippen LogP) is 3.04. The summed E-state index contributed by atoms with van der Waals surface area (Å²) >= 11 is 9.20. The van der Waals surface area contributed by atoms with Crippen molar-refractivity contribution in [2.24, 2.45) is 5.41 Å². The highest BCUT2D eigenvalue weighted by Gasteiger charge is 2.42. The van der Waals surface area contributed by atoms with Crippen molar-refractivity contribution < 1.29 is 14.7 Å². The van der Waals surface area contributed by atoms with E-state index in [0.29, 0.717) is 28.0 Å². The van der Waals surface area contributed by atoms with Crippen LogP contribution in [0.15, 0.2) is 22.7 Å². The molecule has 1 heterocycles. The third-order valence-electron chi connectivity index (χ3n) is 3.44. The van der Waals surface area contributed by atoms with Crippen molar-refractivity contribution in [3.05, 3.63) is 33.3 Å². The summed E-state index contributed by atoms with van der Waals surface area (Å²) in [5.41, 5.74) is -0.400. The second-order valence-corrected chi connectivity index (χ2v) is 6.26. The zero-order chi connectivity index (χ0) is 14.2. The van der Waals surface area contributed by atoms with E-state index in [1.165, 1.54) is 0 Å². The Morgan fingerprint density at radius 3 is 2.74 bits per heavy atom. The Morgan fingerprint density at radius 2 is 2.16 bits per heavy atom. The molecule has 1 N–H and O–H groups in total. The number of likely N-dealkylation sites (tertiary alicyclic amines) is 1. The van der Waals surface area contributed by atoms with Crippen molar-refractivity contribution in [2.45, 2.75) is 13.3 Å². The molecule has 1 fully saturated rings. The first-order valence-electron chi connectivity index (χ1n) is 5.81. The van der Waals surface area contributed by atoms with Crippen LogP contribution in [0.3, 0.4) is 0 Å². The largest absolute Gasteiger partial charge is 0.481 e. The molecule has 0 aromatic heterocycles. The molecule has 0 saturated carbocycles. The minimum Gasteiger partial charge on any atom is -0.481 e. The van der Waals surface area contributed by atoms with E-state index in [4.69, 9.17) is 11.6 Å². The lowest BCUT2D eigenvalue weighted by Gasteiger charge is -2.20. The van der Waals surface area contributed by atoms with Gasteiger partial charge in [-0.15, -0.1) is 0 Å². The molecule has 1 saturated heterocycles. The first kappa shape index (κ1) is 14.3. The highest BCUT2D eigenvalue weighted by molar-refractivity contribution is 9.10. The predicted molar refractivity (Wildman–Crippen MR) is 75.4 cm³/mol. The summed E-state index contributed by atoms with van der Waals surface area (Å²) in [7, 11) is 0. The van der Waals surface area contributed by atoms with Crippen molar-refractivity contribution in [1.82, 2.24) is 4.90 Å². The van der Waals surface area contributed by atoms with Gasteiger partial charge in [-0.2, -0.15) is 0 Å². The van der Waals surface area contributed by atoms with Crippen LogP contribution in [0.1, 0.15) is 23.7 Å². The van der Waals surface area contributed by atoms with E-state index >= 15 is 0 Å². The number of rotatable bonds is 2. The smallest absolute Gasteiger partial charge is 0.311 e. The zero-order valence-electron chi connectivity index (χ0n) is 10.3. The molecule has 1 aromatic rings. The van der Waals surface area contributed by atoms with Crippen molar-refractivity contribution in [2.75, 3.05) is 13.1 Å². The van der Waals surface area contributed by atoms with Gasteiger partial charge >= 0.3 is 5.97 Å². The molecule has 4 nitrogen and oxygen atoms in total. The van der Waals surface area contributed by atoms with Gasteiger partial charge in [0, 0.05) is 22.6 Å². The van der Waals surface area contributed by atoms with Crippen LogP contribution in [0.2, 0.25) is 5.02 Å². The molecule has 19 heavy (non-hydrogen) atoms. The maximum absolute atomic E-state index is 12.4. The van der Waals surface area contributed by atoms with Gasteiger partial charge in [0.1, 0.15) is 0 Å². The van der Waals surface area contributed by atoms with Crippen LogP contribution in [0.4, 0.5) is 0 Å². The second kappa shape index (κ2) is 5.13. The van der Waals surface area contributed by atoms with Gasteiger partial charge in [-0.1, -0.05) is 11.6 Å². The van der Waals surface area contributed by atoms with Crippen LogP contribution < -0.4 is 0 Å². The Morgan fingerprint density at radius 1 is 1.47 bits per heavy atom. The molecule has 1 aliphatic heterocycles. The first-order valence-corrected chi connectivity index (χ1v) is 6.98. The number of hydrogen-bond acceptors (Lipinski definition) is 2. The highest BCUT2D eigenvalue weighted by Crippen LogP contribution is 2.32. The number of amides is 1. The van der Waals surface area contributed by atoms with E-state index in [1.54, 1.807) is 30.0 Å². The number of hydrogen-bond donors (Lipinski definition) is 1. The molecule has 0 spiro atoms. The lowest BCUT2D eigenvalue weighted by atomic mass is 9.90. The van der Waals surface area contributed by atoms with E-state index in [0.717, 1.165) is 0 Å². The Kier molecular flexibility index (Phi) is 3.87. The lowest BCUT2D eigenvalue weighted by Crippen LogP contribution is -2.35. The van der Waals surface area contributed by atoms with Crippen LogP contribution in [0.25, 0.3) is 0 Å². The molecule has 102 valence electrons. The second-order valence-electron chi connectivity index (χ2n) is 4.97. The van der Waals surface area contributed by atoms with E-state index in [2.05, 4.69) is 15.9 Å². The molecule has 0 unspecified atom stereocenters. The van der Waals surface area contributed by atoms with E-state index in [-0.39, 0.29) is 12.5 Å².